The second kappa shape index (κ2) is 6.18. The first-order valence-electron chi connectivity index (χ1n) is 6.98. The van der Waals surface area contributed by atoms with E-state index in [9.17, 15) is 0 Å². The molecule has 3 rings (SSSR count). The number of hydrogen-bond donors (Lipinski definition) is 0. The number of nitrogens with zero attached hydrogens (tertiary/aromatic N) is 3. The molecule has 0 radical (unpaired) electrons. The highest BCUT2D eigenvalue weighted by Crippen LogP contribution is 2.24. The normalized spacial score (nSPS) is 10.3. The second-order valence-corrected chi connectivity index (χ2v) is 4.96. The summed E-state index contributed by atoms with van der Waals surface area (Å²) in [5.41, 5.74) is 3.56. The summed E-state index contributed by atoms with van der Waals surface area (Å²) >= 11 is 0. The second-order valence-electron chi connectivity index (χ2n) is 4.96. The molecular formula is C18H17N3. The predicted octanol–water partition coefficient (Wildman–Crippen LogP) is 4.12. The highest BCUT2D eigenvalue weighted by Gasteiger charge is 2.12. The first-order valence-corrected chi connectivity index (χ1v) is 6.98. The average Bonchev–Trinajstić information content (AvgIpc) is 2.55. The van der Waals surface area contributed by atoms with Gasteiger partial charge in [-0.05, 0) is 30.7 Å². The first-order chi connectivity index (χ1) is 10.3. The van der Waals surface area contributed by atoms with Gasteiger partial charge in [-0.25, -0.2) is 9.97 Å². The van der Waals surface area contributed by atoms with Gasteiger partial charge in [0.25, 0.3) is 0 Å². The summed E-state index contributed by atoms with van der Waals surface area (Å²) in [6, 6.07) is 20.6. The summed E-state index contributed by atoms with van der Waals surface area (Å²) in [6.07, 6.45) is 3.54. The summed E-state index contributed by atoms with van der Waals surface area (Å²) in [5, 5.41) is 0. The van der Waals surface area contributed by atoms with Gasteiger partial charge in [-0.2, -0.15) is 0 Å². The lowest BCUT2D eigenvalue weighted by atomic mass is 10.2. The Morgan fingerprint density at radius 3 is 2.14 bits per heavy atom. The highest BCUT2D eigenvalue weighted by atomic mass is 15.2. The molecule has 3 aromatic rings. The monoisotopic (exact) mass is 275 g/mol. The molecule has 1 aromatic heterocycles. The van der Waals surface area contributed by atoms with E-state index in [-0.39, 0.29) is 0 Å². The van der Waals surface area contributed by atoms with Crippen LogP contribution in [0.4, 0.5) is 11.6 Å². The van der Waals surface area contributed by atoms with Gasteiger partial charge >= 0.3 is 0 Å². The van der Waals surface area contributed by atoms with Crippen LogP contribution in [0.25, 0.3) is 0 Å². The van der Waals surface area contributed by atoms with Crippen LogP contribution in [0, 0.1) is 6.92 Å². The van der Waals surface area contributed by atoms with E-state index in [1.165, 1.54) is 11.1 Å². The van der Waals surface area contributed by atoms with Crippen molar-refractivity contribution in [3.63, 3.8) is 0 Å². The third kappa shape index (κ3) is 3.26. The molecule has 0 unspecified atom stereocenters. The van der Waals surface area contributed by atoms with Gasteiger partial charge < -0.3 is 4.90 Å². The zero-order valence-electron chi connectivity index (χ0n) is 12.0. The van der Waals surface area contributed by atoms with Crippen LogP contribution in [0.5, 0.6) is 0 Å². The molecule has 0 saturated carbocycles. The minimum absolute atomic E-state index is 0.713. The molecule has 0 saturated heterocycles. The summed E-state index contributed by atoms with van der Waals surface area (Å²) in [5.74, 6) is 0.713. The number of aryl methyl sites for hydroxylation is 1. The molecule has 21 heavy (non-hydrogen) atoms. The third-order valence-corrected chi connectivity index (χ3v) is 3.32. The van der Waals surface area contributed by atoms with Gasteiger partial charge in [0.2, 0.25) is 5.95 Å². The lowest BCUT2D eigenvalue weighted by molar-refractivity contribution is 0.911. The minimum atomic E-state index is 0.713. The minimum Gasteiger partial charge on any atom is -0.306 e. The number of aromatic nitrogens is 2. The van der Waals surface area contributed by atoms with Crippen molar-refractivity contribution in [3.8, 4) is 0 Å². The Bertz CT molecular complexity index is 679. The van der Waals surface area contributed by atoms with Crippen molar-refractivity contribution in [1.29, 1.82) is 0 Å². The van der Waals surface area contributed by atoms with Crippen LogP contribution < -0.4 is 4.90 Å². The molecule has 104 valence electrons. The highest BCUT2D eigenvalue weighted by molar-refractivity contribution is 5.57. The standard InChI is InChI=1S/C18H17N3/c1-15-8-10-17(11-9-15)21(18-19-12-5-13-20-18)14-16-6-3-2-4-7-16/h2-13H,14H2,1H3. The van der Waals surface area contributed by atoms with Crippen LogP contribution in [0.1, 0.15) is 11.1 Å². The molecule has 0 aliphatic rings. The van der Waals surface area contributed by atoms with Crippen molar-refractivity contribution < 1.29 is 0 Å². The quantitative estimate of drug-likeness (QED) is 0.717. The largest absolute Gasteiger partial charge is 0.306 e. The van der Waals surface area contributed by atoms with Crippen LogP contribution in [0.15, 0.2) is 73.1 Å². The number of hydrogen-bond acceptors (Lipinski definition) is 3. The Kier molecular flexibility index (Phi) is 3.92. The Balaban J connectivity index is 1.97. The molecule has 3 heteroatoms. The molecular weight excluding hydrogens is 258 g/mol. The predicted molar refractivity (Wildman–Crippen MR) is 85.5 cm³/mol. The maximum absolute atomic E-state index is 4.39. The van der Waals surface area contributed by atoms with Crippen LogP contribution in [0.2, 0.25) is 0 Å². The lowest BCUT2D eigenvalue weighted by Crippen LogP contribution is -2.18. The van der Waals surface area contributed by atoms with Gasteiger partial charge in [0.15, 0.2) is 0 Å². The molecule has 0 N–H and O–H groups in total. The van der Waals surface area contributed by atoms with E-state index in [2.05, 4.69) is 70.3 Å². The molecule has 0 aliphatic heterocycles. The fraction of sp³-hybridized carbons (Fsp3) is 0.111. The third-order valence-electron chi connectivity index (χ3n) is 3.32. The first kappa shape index (κ1) is 13.3. The van der Waals surface area contributed by atoms with E-state index in [1.807, 2.05) is 12.1 Å². The summed E-state index contributed by atoms with van der Waals surface area (Å²) in [6.45, 7) is 2.83. The molecule has 0 amide bonds. The van der Waals surface area contributed by atoms with Crippen molar-refractivity contribution in [2.75, 3.05) is 4.90 Å². The van der Waals surface area contributed by atoms with E-state index in [4.69, 9.17) is 0 Å². The fourth-order valence-electron chi connectivity index (χ4n) is 2.20. The Morgan fingerprint density at radius 1 is 0.810 bits per heavy atom. The molecule has 0 aliphatic carbocycles. The maximum Gasteiger partial charge on any atom is 0.230 e. The Labute approximate surface area is 124 Å². The van der Waals surface area contributed by atoms with E-state index in [0.29, 0.717) is 5.95 Å². The molecule has 0 bridgehead atoms. The number of anilines is 2. The SMILES string of the molecule is Cc1ccc(N(Cc2ccccc2)c2ncccn2)cc1. The van der Waals surface area contributed by atoms with Gasteiger partial charge in [-0.3, -0.25) is 0 Å². The summed E-state index contributed by atoms with van der Waals surface area (Å²) in [7, 11) is 0. The fourth-order valence-corrected chi connectivity index (χ4v) is 2.20. The molecule has 3 nitrogen and oxygen atoms in total. The maximum atomic E-state index is 4.39. The molecule has 2 aromatic carbocycles. The average molecular weight is 275 g/mol. The van der Waals surface area contributed by atoms with Gasteiger partial charge in [-0.15, -0.1) is 0 Å². The summed E-state index contributed by atoms with van der Waals surface area (Å²) < 4.78 is 0. The van der Waals surface area contributed by atoms with Crippen molar-refractivity contribution in [2.24, 2.45) is 0 Å². The Hall–Kier alpha value is -2.68. The zero-order chi connectivity index (χ0) is 14.5. The molecule has 1 heterocycles. The van der Waals surface area contributed by atoms with E-state index in [0.717, 1.165) is 12.2 Å². The summed E-state index contributed by atoms with van der Waals surface area (Å²) in [4.78, 5) is 10.9. The van der Waals surface area contributed by atoms with Gasteiger partial charge in [0.1, 0.15) is 0 Å². The van der Waals surface area contributed by atoms with Crippen molar-refractivity contribution in [2.45, 2.75) is 13.5 Å². The number of benzene rings is 2. The van der Waals surface area contributed by atoms with E-state index < -0.39 is 0 Å². The molecule has 0 fully saturated rings. The van der Waals surface area contributed by atoms with Crippen LogP contribution >= 0.6 is 0 Å². The zero-order valence-corrected chi connectivity index (χ0v) is 12.0. The smallest absolute Gasteiger partial charge is 0.230 e. The van der Waals surface area contributed by atoms with Crippen molar-refractivity contribution in [3.05, 3.63) is 84.2 Å². The van der Waals surface area contributed by atoms with Crippen LogP contribution in [-0.2, 0) is 6.54 Å². The van der Waals surface area contributed by atoms with E-state index >= 15 is 0 Å². The van der Waals surface area contributed by atoms with Gasteiger partial charge in [0, 0.05) is 18.1 Å². The lowest BCUT2D eigenvalue weighted by Gasteiger charge is -2.23. The van der Waals surface area contributed by atoms with Crippen molar-refractivity contribution in [1.82, 2.24) is 9.97 Å². The molecule has 0 atom stereocenters. The topological polar surface area (TPSA) is 29.0 Å². The van der Waals surface area contributed by atoms with Crippen molar-refractivity contribution >= 4 is 11.6 Å². The van der Waals surface area contributed by atoms with Crippen LogP contribution in [0.3, 0.4) is 0 Å². The molecule has 0 spiro atoms. The van der Waals surface area contributed by atoms with Crippen LogP contribution in [-0.4, -0.2) is 9.97 Å². The van der Waals surface area contributed by atoms with Gasteiger partial charge in [0.05, 0.1) is 6.54 Å². The van der Waals surface area contributed by atoms with Gasteiger partial charge in [-0.1, -0.05) is 48.0 Å². The Morgan fingerprint density at radius 2 is 1.48 bits per heavy atom. The van der Waals surface area contributed by atoms with E-state index in [1.54, 1.807) is 12.4 Å². The number of rotatable bonds is 4.